The third-order valence-corrected chi connectivity index (χ3v) is 5.37. The second-order valence-corrected chi connectivity index (χ2v) is 9.36. The van der Waals surface area contributed by atoms with Crippen molar-refractivity contribution in [2.24, 2.45) is 0 Å². The van der Waals surface area contributed by atoms with Crippen LogP contribution >= 0.6 is 34.8 Å². The number of rotatable bonds is 2. The molecular weight excluding hydrogens is 379 g/mol. The normalized spacial score (nSPS) is 12.6. The van der Waals surface area contributed by atoms with Crippen LogP contribution in [0.15, 0.2) is 6.07 Å². The van der Waals surface area contributed by atoms with E-state index < -0.39 is 0 Å². The minimum absolute atomic E-state index is 0.214. The fourth-order valence-electron chi connectivity index (χ4n) is 3.19. The first kappa shape index (κ1) is 20.5. The van der Waals surface area contributed by atoms with E-state index in [0.29, 0.717) is 26.6 Å². The molecule has 0 radical (unpaired) electrons. The third kappa shape index (κ3) is 3.41. The highest BCUT2D eigenvalue weighted by Crippen LogP contribution is 2.52. The Bertz CT molecular complexity index is 828. The first-order valence-corrected chi connectivity index (χ1v) is 9.25. The number of methoxy groups -OCH3 is 2. The average molecular weight is 404 g/mol. The van der Waals surface area contributed by atoms with Crippen LogP contribution < -0.4 is 9.47 Å². The summed E-state index contributed by atoms with van der Waals surface area (Å²) in [6.07, 6.45) is 0. The highest BCUT2D eigenvalue weighted by Gasteiger charge is 2.31. The maximum atomic E-state index is 6.86. The Balaban J connectivity index is 3.16. The number of fused-ring (bicyclic) bond motifs is 1. The summed E-state index contributed by atoms with van der Waals surface area (Å²) in [4.78, 5) is 0. The van der Waals surface area contributed by atoms with Gasteiger partial charge >= 0.3 is 0 Å². The summed E-state index contributed by atoms with van der Waals surface area (Å²) in [5.74, 6) is 1.26. The van der Waals surface area contributed by atoms with Gasteiger partial charge in [-0.1, -0.05) is 76.3 Å². The summed E-state index contributed by atoms with van der Waals surface area (Å²) in [7, 11) is 3.23. The molecule has 25 heavy (non-hydrogen) atoms. The maximum absolute atomic E-state index is 6.86. The van der Waals surface area contributed by atoms with E-state index in [2.05, 4.69) is 41.5 Å². The summed E-state index contributed by atoms with van der Waals surface area (Å²) in [6.45, 7) is 12.5. The van der Waals surface area contributed by atoms with Crippen molar-refractivity contribution in [2.45, 2.75) is 52.4 Å². The molecule has 0 unspecified atom stereocenters. The van der Waals surface area contributed by atoms with Crippen molar-refractivity contribution < 1.29 is 9.47 Å². The highest BCUT2D eigenvalue weighted by molar-refractivity contribution is 6.46. The van der Waals surface area contributed by atoms with Crippen LogP contribution in [0.25, 0.3) is 10.8 Å². The first-order chi connectivity index (χ1) is 11.4. The van der Waals surface area contributed by atoms with Gasteiger partial charge in [-0.2, -0.15) is 0 Å². The monoisotopic (exact) mass is 402 g/mol. The SMILES string of the molecule is COc1cc2c(OC)c(Cl)c(C(C)(C)C)c(Cl)c2c(Cl)c1C(C)(C)C. The Morgan fingerprint density at radius 1 is 0.720 bits per heavy atom. The molecule has 0 aliphatic carbocycles. The van der Waals surface area contributed by atoms with E-state index in [4.69, 9.17) is 44.3 Å². The van der Waals surface area contributed by atoms with Gasteiger partial charge in [0.2, 0.25) is 0 Å². The second-order valence-electron chi connectivity index (χ2n) is 8.23. The van der Waals surface area contributed by atoms with Crippen LogP contribution in [-0.4, -0.2) is 14.2 Å². The van der Waals surface area contributed by atoms with Gasteiger partial charge in [-0.3, -0.25) is 0 Å². The maximum Gasteiger partial charge on any atom is 0.145 e. The molecule has 0 aliphatic heterocycles. The van der Waals surface area contributed by atoms with E-state index in [9.17, 15) is 0 Å². The molecule has 2 rings (SSSR count). The van der Waals surface area contributed by atoms with Crippen LogP contribution in [-0.2, 0) is 10.8 Å². The van der Waals surface area contributed by atoms with Crippen LogP contribution in [0.3, 0.4) is 0 Å². The molecule has 0 amide bonds. The topological polar surface area (TPSA) is 18.5 Å². The molecule has 2 aromatic carbocycles. The van der Waals surface area contributed by atoms with E-state index >= 15 is 0 Å². The Hall–Kier alpha value is -0.830. The zero-order chi connectivity index (χ0) is 19.3. The van der Waals surface area contributed by atoms with Gasteiger partial charge in [0.25, 0.3) is 0 Å². The second kappa shape index (κ2) is 6.72. The zero-order valence-corrected chi connectivity index (χ0v) is 18.3. The van der Waals surface area contributed by atoms with Crippen LogP contribution in [0.5, 0.6) is 11.5 Å². The number of hydrogen-bond acceptors (Lipinski definition) is 2. The van der Waals surface area contributed by atoms with Gasteiger partial charge in [0.15, 0.2) is 0 Å². The first-order valence-electron chi connectivity index (χ1n) is 8.12. The average Bonchev–Trinajstić information content (AvgIpc) is 2.43. The number of halogens is 3. The molecule has 0 spiro atoms. The van der Waals surface area contributed by atoms with E-state index in [0.717, 1.165) is 21.9 Å². The minimum atomic E-state index is -0.263. The van der Waals surface area contributed by atoms with Gasteiger partial charge in [-0.25, -0.2) is 0 Å². The molecule has 0 fully saturated rings. The molecule has 0 atom stereocenters. The molecule has 0 bridgehead atoms. The molecule has 0 heterocycles. The summed E-state index contributed by atoms with van der Waals surface area (Å²) in [5, 5.41) is 3.15. The van der Waals surface area contributed by atoms with Gasteiger partial charge < -0.3 is 9.47 Å². The quantitative estimate of drug-likeness (QED) is 0.519. The van der Waals surface area contributed by atoms with Crippen LogP contribution in [0.2, 0.25) is 15.1 Å². The van der Waals surface area contributed by atoms with Gasteiger partial charge in [-0.05, 0) is 22.5 Å². The predicted molar refractivity (Wildman–Crippen MR) is 109 cm³/mol. The molecule has 0 saturated carbocycles. The van der Waals surface area contributed by atoms with Crippen molar-refractivity contribution in [1.82, 2.24) is 0 Å². The highest BCUT2D eigenvalue weighted by atomic mass is 35.5. The van der Waals surface area contributed by atoms with Crippen molar-refractivity contribution in [3.63, 3.8) is 0 Å². The van der Waals surface area contributed by atoms with Crippen molar-refractivity contribution >= 4 is 45.6 Å². The Kier molecular flexibility index (Phi) is 5.50. The Morgan fingerprint density at radius 2 is 1.20 bits per heavy atom. The minimum Gasteiger partial charge on any atom is -0.496 e. The molecular formula is C20H25Cl3O2. The lowest BCUT2D eigenvalue weighted by molar-refractivity contribution is 0.397. The van der Waals surface area contributed by atoms with Gasteiger partial charge in [-0.15, -0.1) is 0 Å². The molecule has 0 aromatic heterocycles. The smallest absolute Gasteiger partial charge is 0.145 e. The number of ether oxygens (including phenoxy) is 2. The molecule has 2 aromatic rings. The molecule has 5 heteroatoms. The molecule has 138 valence electrons. The van der Waals surface area contributed by atoms with Crippen LogP contribution in [0, 0.1) is 0 Å². The van der Waals surface area contributed by atoms with Crippen LogP contribution in [0.1, 0.15) is 52.7 Å². The fourth-order valence-corrected chi connectivity index (χ4v) is 4.99. The van der Waals surface area contributed by atoms with Crippen molar-refractivity contribution in [3.8, 4) is 11.5 Å². The van der Waals surface area contributed by atoms with Crippen LogP contribution in [0.4, 0.5) is 0 Å². The largest absolute Gasteiger partial charge is 0.496 e. The molecule has 2 nitrogen and oxygen atoms in total. The summed E-state index contributed by atoms with van der Waals surface area (Å²) < 4.78 is 11.2. The van der Waals surface area contributed by atoms with E-state index in [-0.39, 0.29) is 10.8 Å². The zero-order valence-electron chi connectivity index (χ0n) is 16.0. The lowest BCUT2D eigenvalue weighted by Crippen LogP contribution is -2.16. The fraction of sp³-hybridized carbons (Fsp3) is 0.500. The lowest BCUT2D eigenvalue weighted by Gasteiger charge is -2.29. The Labute approximate surface area is 165 Å². The lowest BCUT2D eigenvalue weighted by atomic mass is 9.82. The predicted octanol–water partition coefficient (Wildman–Crippen LogP) is 7.41. The van der Waals surface area contributed by atoms with Gasteiger partial charge in [0.05, 0.1) is 29.3 Å². The third-order valence-electron chi connectivity index (χ3n) is 4.26. The Morgan fingerprint density at radius 3 is 1.60 bits per heavy atom. The van der Waals surface area contributed by atoms with Crippen molar-refractivity contribution in [2.75, 3.05) is 14.2 Å². The van der Waals surface area contributed by atoms with E-state index in [1.165, 1.54) is 0 Å². The van der Waals surface area contributed by atoms with Gasteiger partial charge in [0, 0.05) is 16.3 Å². The number of hydrogen-bond donors (Lipinski definition) is 0. The van der Waals surface area contributed by atoms with E-state index in [1.54, 1.807) is 14.2 Å². The standard InChI is InChI=1S/C20H25Cl3O2/c1-19(2,3)13-11(24-7)9-10-12(15(13)21)16(22)14(20(4,5)6)17(23)18(10)25-8/h9H,1-8H3. The number of benzene rings is 2. The van der Waals surface area contributed by atoms with Gasteiger partial charge in [0.1, 0.15) is 11.5 Å². The van der Waals surface area contributed by atoms with Crippen molar-refractivity contribution in [3.05, 3.63) is 32.3 Å². The summed E-state index contributed by atoms with van der Waals surface area (Å²) >= 11 is 20.3. The van der Waals surface area contributed by atoms with E-state index in [1.807, 2.05) is 6.07 Å². The summed E-state index contributed by atoms with van der Waals surface area (Å²) in [5.41, 5.74) is 1.26. The summed E-state index contributed by atoms with van der Waals surface area (Å²) in [6, 6.07) is 1.91. The molecule has 0 aliphatic rings. The van der Waals surface area contributed by atoms with Crippen molar-refractivity contribution in [1.29, 1.82) is 0 Å². The molecule has 0 saturated heterocycles. The molecule has 0 N–H and O–H groups in total.